The SMILES string of the molecule is CC(C)(C)OC(=O)C(N)c1cnn(CCOC(c2ccccc2)(c2ccccc2)c2ccccc2)c1NC(c1ccccc1)(c1ccccc1)c1ccccc1. The molecule has 1 heterocycles. The van der Waals surface area contributed by atoms with Crippen LogP contribution in [-0.4, -0.2) is 28.0 Å². The third-order valence-electron chi connectivity index (χ3n) is 9.95. The van der Waals surface area contributed by atoms with Gasteiger partial charge in [-0.15, -0.1) is 0 Å². The van der Waals surface area contributed by atoms with E-state index in [9.17, 15) is 4.79 Å². The average molecular weight is 741 g/mol. The van der Waals surface area contributed by atoms with Crippen LogP contribution in [0.5, 0.6) is 0 Å². The van der Waals surface area contributed by atoms with E-state index < -0.39 is 28.8 Å². The molecular weight excluding hydrogens is 693 g/mol. The van der Waals surface area contributed by atoms with E-state index in [1.807, 2.05) is 135 Å². The summed E-state index contributed by atoms with van der Waals surface area (Å²) in [7, 11) is 0. The van der Waals surface area contributed by atoms with E-state index in [2.05, 4.69) is 78.1 Å². The van der Waals surface area contributed by atoms with Gasteiger partial charge in [-0.3, -0.25) is 0 Å². The standard InChI is InChI=1S/C49H48N4O3/c1-47(2,3)56-46(54)44(50)43-36-51-53(34-35-55-49(40-28-16-7-17-29-40,41-30-18-8-19-31-41)42-32-20-9-21-33-42)45(43)52-48(37-22-10-4-11-23-37,38-24-12-5-13-25-38)39-26-14-6-15-27-39/h4-33,36,44,52H,34-35,50H2,1-3H3. The molecule has 1 aromatic heterocycles. The van der Waals surface area contributed by atoms with Crippen molar-refractivity contribution in [3.63, 3.8) is 0 Å². The number of hydrogen-bond acceptors (Lipinski definition) is 6. The van der Waals surface area contributed by atoms with Gasteiger partial charge in [0.1, 0.15) is 28.6 Å². The summed E-state index contributed by atoms with van der Waals surface area (Å²) in [4.78, 5) is 13.7. The minimum absolute atomic E-state index is 0.255. The maximum Gasteiger partial charge on any atom is 0.328 e. The molecule has 282 valence electrons. The number of nitrogens with two attached hydrogens (primary N) is 1. The van der Waals surface area contributed by atoms with E-state index in [1.165, 1.54) is 0 Å². The number of ether oxygens (including phenoxy) is 2. The minimum atomic E-state index is -1.12. The summed E-state index contributed by atoms with van der Waals surface area (Å²) < 4.78 is 14.9. The van der Waals surface area contributed by atoms with Crippen molar-refractivity contribution in [2.75, 3.05) is 11.9 Å². The van der Waals surface area contributed by atoms with Gasteiger partial charge in [0.05, 0.1) is 19.3 Å². The molecule has 0 bridgehead atoms. The molecular formula is C49H48N4O3. The summed E-state index contributed by atoms with van der Waals surface area (Å²) in [5, 5.41) is 8.86. The molecule has 7 aromatic rings. The lowest BCUT2D eigenvalue weighted by Crippen LogP contribution is -2.40. The van der Waals surface area contributed by atoms with Crippen LogP contribution in [0, 0.1) is 0 Å². The van der Waals surface area contributed by atoms with Gasteiger partial charge in [0.2, 0.25) is 0 Å². The second-order valence-corrected chi connectivity index (χ2v) is 14.8. The molecule has 0 aliphatic heterocycles. The number of esters is 1. The van der Waals surface area contributed by atoms with Crippen molar-refractivity contribution in [1.82, 2.24) is 9.78 Å². The number of rotatable bonds is 14. The molecule has 0 radical (unpaired) electrons. The zero-order valence-electron chi connectivity index (χ0n) is 32.1. The van der Waals surface area contributed by atoms with Gasteiger partial charge in [-0.25, -0.2) is 9.48 Å². The molecule has 7 nitrogen and oxygen atoms in total. The molecule has 0 saturated carbocycles. The molecule has 0 amide bonds. The highest BCUT2D eigenvalue weighted by Gasteiger charge is 2.40. The molecule has 0 fully saturated rings. The van der Waals surface area contributed by atoms with E-state index in [0.717, 1.165) is 33.4 Å². The first-order valence-electron chi connectivity index (χ1n) is 19.0. The van der Waals surface area contributed by atoms with Crippen LogP contribution >= 0.6 is 0 Å². The van der Waals surface area contributed by atoms with Gasteiger partial charge in [0.15, 0.2) is 0 Å². The number of aromatic nitrogens is 2. The molecule has 7 rings (SSSR count). The lowest BCUT2D eigenvalue weighted by Gasteiger charge is -2.38. The lowest BCUT2D eigenvalue weighted by atomic mass is 9.77. The summed E-state index contributed by atoms with van der Waals surface area (Å²) in [6, 6.07) is 60.7. The van der Waals surface area contributed by atoms with Crippen LogP contribution in [0.3, 0.4) is 0 Å². The van der Waals surface area contributed by atoms with Crippen LogP contribution in [0.4, 0.5) is 5.82 Å². The second kappa shape index (κ2) is 16.6. The molecule has 7 heteroatoms. The molecule has 56 heavy (non-hydrogen) atoms. The van der Waals surface area contributed by atoms with E-state index in [4.69, 9.17) is 20.3 Å². The zero-order chi connectivity index (χ0) is 39.0. The van der Waals surface area contributed by atoms with Gasteiger partial charge in [-0.2, -0.15) is 5.10 Å². The largest absolute Gasteiger partial charge is 0.459 e. The van der Waals surface area contributed by atoms with Gasteiger partial charge < -0.3 is 20.5 Å². The van der Waals surface area contributed by atoms with Crippen molar-refractivity contribution in [1.29, 1.82) is 0 Å². The molecule has 0 spiro atoms. The van der Waals surface area contributed by atoms with Gasteiger partial charge in [0, 0.05) is 5.56 Å². The third kappa shape index (κ3) is 7.78. The Labute approximate surface area is 329 Å². The van der Waals surface area contributed by atoms with E-state index in [1.54, 1.807) is 6.20 Å². The first-order valence-corrected chi connectivity index (χ1v) is 19.0. The predicted molar refractivity (Wildman–Crippen MR) is 223 cm³/mol. The molecule has 6 aromatic carbocycles. The van der Waals surface area contributed by atoms with Crippen LogP contribution in [-0.2, 0) is 32.0 Å². The number of carbonyl (C=O) groups is 1. The van der Waals surface area contributed by atoms with Crippen LogP contribution in [0.25, 0.3) is 0 Å². The number of hydrogen-bond donors (Lipinski definition) is 2. The second-order valence-electron chi connectivity index (χ2n) is 14.8. The fourth-order valence-corrected chi connectivity index (χ4v) is 7.44. The Bertz CT molecular complexity index is 2100. The zero-order valence-corrected chi connectivity index (χ0v) is 32.1. The van der Waals surface area contributed by atoms with Crippen LogP contribution in [0.15, 0.2) is 188 Å². The number of carbonyl (C=O) groups excluding carboxylic acids is 1. The molecule has 1 unspecified atom stereocenters. The molecule has 0 aliphatic carbocycles. The Kier molecular flexibility index (Phi) is 11.3. The number of nitrogens with zero attached hydrogens (tertiary/aromatic N) is 2. The monoisotopic (exact) mass is 740 g/mol. The van der Waals surface area contributed by atoms with Crippen molar-refractivity contribution in [3.8, 4) is 0 Å². The van der Waals surface area contributed by atoms with Crippen LogP contribution in [0.2, 0.25) is 0 Å². The van der Waals surface area contributed by atoms with Crippen molar-refractivity contribution >= 4 is 11.8 Å². The number of anilines is 1. The van der Waals surface area contributed by atoms with Crippen molar-refractivity contribution in [2.45, 2.75) is 50.1 Å². The van der Waals surface area contributed by atoms with Crippen LogP contribution in [0.1, 0.15) is 65.8 Å². The fourth-order valence-electron chi connectivity index (χ4n) is 7.44. The van der Waals surface area contributed by atoms with Crippen LogP contribution < -0.4 is 11.1 Å². The van der Waals surface area contributed by atoms with E-state index in [0.29, 0.717) is 17.9 Å². The molecule has 0 aliphatic rings. The van der Waals surface area contributed by atoms with Crippen molar-refractivity contribution in [2.24, 2.45) is 5.73 Å². The Morgan fingerprint density at radius 1 is 0.607 bits per heavy atom. The summed E-state index contributed by atoms with van der Waals surface area (Å²) in [6.45, 7) is 6.08. The van der Waals surface area contributed by atoms with E-state index >= 15 is 0 Å². The van der Waals surface area contributed by atoms with Crippen molar-refractivity contribution in [3.05, 3.63) is 227 Å². The molecule has 0 saturated heterocycles. The maximum absolute atomic E-state index is 13.7. The summed E-state index contributed by atoms with van der Waals surface area (Å²) >= 11 is 0. The molecule has 3 N–H and O–H groups in total. The van der Waals surface area contributed by atoms with Gasteiger partial charge in [-0.05, 0) is 54.2 Å². The van der Waals surface area contributed by atoms with Gasteiger partial charge >= 0.3 is 5.97 Å². The summed E-state index contributed by atoms with van der Waals surface area (Å²) in [5.74, 6) is 0.0329. The molecule has 1 atom stereocenters. The highest BCUT2D eigenvalue weighted by Crippen LogP contribution is 2.43. The highest BCUT2D eigenvalue weighted by molar-refractivity contribution is 5.80. The Hall–Kier alpha value is -6.28. The third-order valence-corrected chi connectivity index (χ3v) is 9.95. The summed E-state index contributed by atoms with van der Waals surface area (Å²) in [6.07, 6.45) is 1.67. The van der Waals surface area contributed by atoms with E-state index in [-0.39, 0.29) is 6.61 Å². The normalized spacial score (nSPS) is 12.5. The average Bonchev–Trinajstić information content (AvgIpc) is 3.64. The van der Waals surface area contributed by atoms with Crippen molar-refractivity contribution < 1.29 is 14.3 Å². The Balaban J connectivity index is 1.37. The van der Waals surface area contributed by atoms with Gasteiger partial charge in [-0.1, -0.05) is 182 Å². The number of benzene rings is 6. The maximum atomic E-state index is 13.7. The lowest BCUT2D eigenvalue weighted by molar-refractivity contribution is -0.156. The highest BCUT2D eigenvalue weighted by atomic mass is 16.6. The Morgan fingerprint density at radius 3 is 1.32 bits per heavy atom. The quantitative estimate of drug-likeness (QED) is 0.0853. The minimum Gasteiger partial charge on any atom is -0.459 e. The summed E-state index contributed by atoms with van der Waals surface area (Å²) in [5.41, 5.74) is 10.7. The number of nitrogens with one attached hydrogen (secondary N) is 1. The predicted octanol–water partition coefficient (Wildman–Crippen LogP) is 9.64. The smallest absolute Gasteiger partial charge is 0.328 e. The topological polar surface area (TPSA) is 91.4 Å². The van der Waals surface area contributed by atoms with Gasteiger partial charge in [0.25, 0.3) is 0 Å². The first-order chi connectivity index (χ1) is 27.2. The fraction of sp³-hybridized carbons (Fsp3) is 0.184. The first kappa shape index (κ1) is 38.0. The Morgan fingerprint density at radius 2 is 0.964 bits per heavy atom.